The van der Waals surface area contributed by atoms with Crippen molar-refractivity contribution in [2.45, 2.75) is 71.1 Å². The highest BCUT2D eigenvalue weighted by molar-refractivity contribution is 5.96. The number of aromatic nitrogens is 6. The molecule has 2 atom stereocenters. The number of rotatable bonds is 2. The molecule has 0 saturated heterocycles. The fourth-order valence-corrected chi connectivity index (χ4v) is 5.99. The molecule has 1 fully saturated rings. The van der Waals surface area contributed by atoms with Crippen LogP contribution in [0, 0.1) is 5.41 Å². The Morgan fingerprint density at radius 3 is 2.56 bits per heavy atom. The molecular formula is C26H30N6. The van der Waals surface area contributed by atoms with E-state index in [0.717, 1.165) is 39.2 Å². The van der Waals surface area contributed by atoms with Gasteiger partial charge in [0.05, 0.1) is 11.4 Å². The maximum atomic E-state index is 5.15. The number of H-pyrrole nitrogens is 2. The van der Waals surface area contributed by atoms with E-state index in [1.807, 2.05) is 18.5 Å². The molecule has 1 saturated carbocycles. The first-order chi connectivity index (χ1) is 15.1. The summed E-state index contributed by atoms with van der Waals surface area (Å²) in [6, 6.07) is 6.24. The highest BCUT2D eigenvalue weighted by Gasteiger charge is 2.61. The van der Waals surface area contributed by atoms with Crippen LogP contribution in [0.3, 0.4) is 0 Å². The first-order valence-corrected chi connectivity index (χ1v) is 11.5. The monoisotopic (exact) mass is 426 g/mol. The number of hydrogen-bond acceptors (Lipinski definition) is 4. The van der Waals surface area contributed by atoms with E-state index >= 15 is 0 Å². The van der Waals surface area contributed by atoms with E-state index in [4.69, 9.17) is 10.1 Å². The molecule has 0 spiro atoms. The number of aromatic amines is 2. The molecule has 6 rings (SSSR count). The summed E-state index contributed by atoms with van der Waals surface area (Å²) in [6.45, 7) is 13.7. The Hall–Kier alpha value is -3.02. The lowest BCUT2D eigenvalue weighted by Gasteiger charge is -2.34. The third-order valence-corrected chi connectivity index (χ3v) is 8.43. The van der Waals surface area contributed by atoms with Gasteiger partial charge in [0, 0.05) is 50.9 Å². The molecule has 6 nitrogen and oxygen atoms in total. The number of pyridine rings is 2. The lowest BCUT2D eigenvalue weighted by molar-refractivity contribution is 0.225. The van der Waals surface area contributed by atoms with E-state index < -0.39 is 0 Å². The Morgan fingerprint density at radius 1 is 1.00 bits per heavy atom. The molecule has 32 heavy (non-hydrogen) atoms. The zero-order valence-corrected chi connectivity index (χ0v) is 19.7. The number of nitrogens with one attached hydrogen (secondary N) is 2. The van der Waals surface area contributed by atoms with Gasteiger partial charge < -0.3 is 0 Å². The van der Waals surface area contributed by atoms with Gasteiger partial charge in [0.1, 0.15) is 11.4 Å². The largest absolute Gasteiger partial charge is 0.281 e. The van der Waals surface area contributed by atoms with E-state index in [9.17, 15) is 0 Å². The van der Waals surface area contributed by atoms with Crippen LogP contribution in [0.25, 0.3) is 33.5 Å². The third-order valence-electron chi connectivity index (χ3n) is 8.43. The van der Waals surface area contributed by atoms with Gasteiger partial charge in [0.15, 0.2) is 0 Å². The van der Waals surface area contributed by atoms with Crippen LogP contribution in [-0.4, -0.2) is 30.4 Å². The molecule has 0 aliphatic heterocycles. The van der Waals surface area contributed by atoms with Gasteiger partial charge in [-0.3, -0.25) is 15.2 Å². The number of nitrogens with zero attached hydrogens (tertiary/aromatic N) is 4. The summed E-state index contributed by atoms with van der Waals surface area (Å²) in [5, 5.41) is 18.2. The molecule has 4 aromatic heterocycles. The molecule has 2 unspecified atom stereocenters. The van der Waals surface area contributed by atoms with Crippen LogP contribution in [0.5, 0.6) is 0 Å². The molecule has 2 bridgehead atoms. The smallest absolute Gasteiger partial charge is 0.115 e. The van der Waals surface area contributed by atoms with Crippen molar-refractivity contribution in [3.05, 3.63) is 47.5 Å². The first kappa shape index (κ1) is 19.6. The molecule has 2 aliphatic carbocycles. The summed E-state index contributed by atoms with van der Waals surface area (Å²) in [7, 11) is 0. The fraction of sp³-hybridized carbons (Fsp3) is 0.462. The van der Waals surface area contributed by atoms with Crippen molar-refractivity contribution in [1.29, 1.82) is 0 Å². The summed E-state index contributed by atoms with van der Waals surface area (Å²) in [5.41, 5.74) is 7.71. The predicted molar refractivity (Wildman–Crippen MR) is 127 cm³/mol. The predicted octanol–water partition coefficient (Wildman–Crippen LogP) is 5.88. The Labute approximate surface area is 188 Å². The SMILES string of the molecule is CC(C)(C)c1cc(-c2cc3cnccc3c(-c3n[nH]c4c3C3CCC4(C)C3(C)C)n2)n[nH]1. The minimum Gasteiger partial charge on any atom is -0.281 e. The van der Waals surface area contributed by atoms with Gasteiger partial charge >= 0.3 is 0 Å². The van der Waals surface area contributed by atoms with Gasteiger partial charge in [-0.25, -0.2) is 4.98 Å². The van der Waals surface area contributed by atoms with Gasteiger partial charge in [-0.1, -0.05) is 41.5 Å². The van der Waals surface area contributed by atoms with Crippen molar-refractivity contribution in [3.8, 4) is 22.8 Å². The molecule has 0 radical (unpaired) electrons. The molecular weight excluding hydrogens is 396 g/mol. The second-order valence-corrected chi connectivity index (χ2v) is 11.4. The maximum absolute atomic E-state index is 5.15. The van der Waals surface area contributed by atoms with Gasteiger partial charge in [-0.05, 0) is 42.4 Å². The van der Waals surface area contributed by atoms with Crippen molar-refractivity contribution in [3.63, 3.8) is 0 Å². The minimum atomic E-state index is -0.00420. The summed E-state index contributed by atoms with van der Waals surface area (Å²) in [6.07, 6.45) is 6.16. The molecule has 6 heteroatoms. The number of fused-ring (bicyclic) bond motifs is 6. The molecule has 0 amide bonds. The molecule has 164 valence electrons. The summed E-state index contributed by atoms with van der Waals surface area (Å²) in [5.74, 6) is 0.497. The Morgan fingerprint density at radius 2 is 1.81 bits per heavy atom. The van der Waals surface area contributed by atoms with Crippen molar-refractivity contribution < 1.29 is 0 Å². The van der Waals surface area contributed by atoms with Crippen LogP contribution in [0.15, 0.2) is 30.6 Å². The van der Waals surface area contributed by atoms with E-state index in [1.165, 1.54) is 24.1 Å². The summed E-state index contributed by atoms with van der Waals surface area (Å²) < 4.78 is 0. The van der Waals surface area contributed by atoms with Crippen molar-refractivity contribution in [2.75, 3.05) is 0 Å². The Balaban J connectivity index is 1.58. The van der Waals surface area contributed by atoms with Gasteiger partial charge in [0.25, 0.3) is 0 Å². The van der Waals surface area contributed by atoms with Crippen LogP contribution in [0.2, 0.25) is 0 Å². The normalized spacial score (nSPS) is 23.8. The average Bonchev–Trinajstić information content (AvgIpc) is 3.48. The van der Waals surface area contributed by atoms with Crippen LogP contribution in [0.1, 0.15) is 77.3 Å². The van der Waals surface area contributed by atoms with Crippen LogP contribution in [-0.2, 0) is 10.8 Å². The molecule has 2 aliphatic rings. The first-order valence-electron chi connectivity index (χ1n) is 11.5. The van der Waals surface area contributed by atoms with E-state index in [1.54, 1.807) is 0 Å². The van der Waals surface area contributed by atoms with Crippen molar-refractivity contribution in [1.82, 2.24) is 30.4 Å². The summed E-state index contributed by atoms with van der Waals surface area (Å²) in [4.78, 5) is 9.52. The Kier molecular flexibility index (Phi) is 3.72. The van der Waals surface area contributed by atoms with Gasteiger partial charge in [-0.2, -0.15) is 10.2 Å². The maximum Gasteiger partial charge on any atom is 0.115 e. The fourth-order valence-electron chi connectivity index (χ4n) is 5.99. The van der Waals surface area contributed by atoms with E-state index in [2.05, 4.69) is 74.0 Å². The van der Waals surface area contributed by atoms with Gasteiger partial charge in [-0.15, -0.1) is 0 Å². The number of hydrogen-bond donors (Lipinski definition) is 2. The second kappa shape index (κ2) is 6.06. The zero-order valence-electron chi connectivity index (χ0n) is 19.7. The minimum absolute atomic E-state index is 0.00420. The van der Waals surface area contributed by atoms with Crippen LogP contribution >= 0.6 is 0 Å². The lowest BCUT2D eigenvalue weighted by Crippen LogP contribution is -2.32. The van der Waals surface area contributed by atoms with Crippen molar-refractivity contribution in [2.24, 2.45) is 5.41 Å². The standard InChI is InChI=1S/C26H30N6/c1-24(2,3)19-12-18(29-30-19)17-11-14-13-27-10-8-15(14)21(28-17)22-20-16-7-9-26(6,25(16,4)5)23(20)32-31-22/h8,10-13,16H,7,9H2,1-6H3,(H,29,30)(H,31,32). The van der Waals surface area contributed by atoms with Crippen molar-refractivity contribution >= 4 is 10.8 Å². The molecule has 2 N–H and O–H groups in total. The second-order valence-electron chi connectivity index (χ2n) is 11.4. The Bertz CT molecular complexity index is 1370. The summed E-state index contributed by atoms with van der Waals surface area (Å²) >= 11 is 0. The quantitative estimate of drug-likeness (QED) is 0.419. The highest BCUT2D eigenvalue weighted by atomic mass is 15.2. The molecule has 0 aromatic carbocycles. The van der Waals surface area contributed by atoms with Crippen LogP contribution in [0.4, 0.5) is 0 Å². The average molecular weight is 427 g/mol. The lowest BCUT2D eigenvalue weighted by atomic mass is 9.70. The third kappa shape index (κ3) is 2.41. The zero-order chi connectivity index (χ0) is 22.5. The molecule has 4 heterocycles. The topological polar surface area (TPSA) is 83.1 Å². The molecule has 4 aromatic rings. The van der Waals surface area contributed by atoms with E-state index in [0.29, 0.717) is 5.92 Å². The van der Waals surface area contributed by atoms with E-state index in [-0.39, 0.29) is 16.2 Å². The highest BCUT2D eigenvalue weighted by Crippen LogP contribution is 2.68. The van der Waals surface area contributed by atoms with Crippen LogP contribution < -0.4 is 0 Å². The van der Waals surface area contributed by atoms with Gasteiger partial charge in [0.2, 0.25) is 0 Å².